The third kappa shape index (κ3) is 3.50. The van der Waals surface area contributed by atoms with Crippen molar-refractivity contribution < 1.29 is 9.18 Å². The Bertz CT molecular complexity index is 837. The van der Waals surface area contributed by atoms with Crippen LogP contribution in [0, 0.1) is 23.1 Å². The van der Waals surface area contributed by atoms with Crippen LogP contribution in [0.2, 0.25) is 5.02 Å². The van der Waals surface area contributed by atoms with Gasteiger partial charge in [0.05, 0.1) is 11.1 Å². The molecule has 25 heavy (non-hydrogen) atoms. The average Bonchev–Trinajstić information content (AvgIpc) is 2.91. The predicted molar refractivity (Wildman–Crippen MR) is 98.5 cm³/mol. The number of fused-ring (bicyclic) bond motifs is 1. The van der Waals surface area contributed by atoms with Crippen LogP contribution in [-0.4, -0.2) is 47.9 Å². The van der Waals surface area contributed by atoms with Gasteiger partial charge in [0, 0.05) is 36.3 Å². The fourth-order valence-corrected chi connectivity index (χ4v) is 4.68. The second kappa shape index (κ2) is 7.28. The van der Waals surface area contributed by atoms with Crippen LogP contribution in [0.5, 0.6) is 0 Å². The number of nitrogens with zero attached hydrogens (tertiary/aromatic N) is 3. The van der Waals surface area contributed by atoms with E-state index in [-0.39, 0.29) is 23.7 Å². The smallest absolute Gasteiger partial charge is 0.265 e. The van der Waals surface area contributed by atoms with Crippen molar-refractivity contribution in [2.24, 2.45) is 5.92 Å². The molecule has 1 aromatic carbocycles. The Morgan fingerprint density at radius 1 is 1.32 bits per heavy atom. The van der Waals surface area contributed by atoms with E-state index in [2.05, 4.69) is 11.0 Å². The first-order valence-electron chi connectivity index (χ1n) is 8.23. The molecule has 0 bridgehead atoms. The van der Waals surface area contributed by atoms with Crippen LogP contribution in [0.25, 0.3) is 10.1 Å². The highest BCUT2D eigenvalue weighted by molar-refractivity contribution is 7.21. The molecule has 7 heteroatoms. The van der Waals surface area contributed by atoms with Gasteiger partial charge in [0.15, 0.2) is 0 Å². The van der Waals surface area contributed by atoms with Crippen molar-refractivity contribution in [1.29, 1.82) is 5.26 Å². The average molecular weight is 380 g/mol. The fraction of sp³-hybridized carbons (Fsp3) is 0.444. The molecule has 132 valence electrons. The molecule has 0 N–H and O–H groups in total. The van der Waals surface area contributed by atoms with Gasteiger partial charge in [0.1, 0.15) is 16.7 Å². The standard InChI is InChI=1S/C18H19ClFN3OS/c1-11(2)14(10-21)22-5-7-23(8-6-22)18(24)17-16(19)13-4-3-12(20)9-15(13)25-17/h3-4,9,11,14H,5-8H2,1-2H3. The summed E-state index contributed by atoms with van der Waals surface area (Å²) >= 11 is 7.58. The summed E-state index contributed by atoms with van der Waals surface area (Å²) in [5.41, 5.74) is 0. The third-order valence-electron chi connectivity index (χ3n) is 4.54. The Hall–Kier alpha value is -1.68. The molecule has 4 nitrogen and oxygen atoms in total. The first-order chi connectivity index (χ1) is 11.9. The number of halogens is 2. The lowest BCUT2D eigenvalue weighted by Gasteiger charge is -2.38. The third-order valence-corrected chi connectivity index (χ3v) is 6.19. The van der Waals surface area contributed by atoms with E-state index in [0.717, 1.165) is 0 Å². The monoisotopic (exact) mass is 379 g/mol. The Morgan fingerprint density at radius 3 is 2.60 bits per heavy atom. The lowest BCUT2D eigenvalue weighted by atomic mass is 10.0. The van der Waals surface area contributed by atoms with Crippen LogP contribution in [-0.2, 0) is 0 Å². The SMILES string of the molecule is CC(C)C(C#N)N1CCN(C(=O)c2sc3cc(F)ccc3c2Cl)CC1. The summed E-state index contributed by atoms with van der Waals surface area (Å²) in [6.45, 7) is 6.51. The largest absolute Gasteiger partial charge is 0.335 e. The van der Waals surface area contributed by atoms with E-state index in [4.69, 9.17) is 11.6 Å². The molecule has 0 aliphatic carbocycles. The van der Waals surface area contributed by atoms with Gasteiger partial charge in [-0.2, -0.15) is 5.26 Å². The van der Waals surface area contributed by atoms with Crippen molar-refractivity contribution >= 4 is 38.9 Å². The Labute approximate surface area is 155 Å². The number of thiophene rings is 1. The van der Waals surface area contributed by atoms with Crippen LogP contribution in [0.1, 0.15) is 23.5 Å². The van der Waals surface area contributed by atoms with E-state index in [1.807, 2.05) is 13.8 Å². The zero-order valence-electron chi connectivity index (χ0n) is 14.1. The van der Waals surface area contributed by atoms with Crippen LogP contribution in [0.4, 0.5) is 4.39 Å². The lowest BCUT2D eigenvalue weighted by Crippen LogP contribution is -2.52. The topological polar surface area (TPSA) is 47.3 Å². The summed E-state index contributed by atoms with van der Waals surface area (Å²) in [6.07, 6.45) is 0. The van der Waals surface area contributed by atoms with Crippen molar-refractivity contribution in [3.05, 3.63) is 33.9 Å². The number of rotatable bonds is 3. The van der Waals surface area contributed by atoms with Crippen LogP contribution in [0.3, 0.4) is 0 Å². The lowest BCUT2D eigenvalue weighted by molar-refractivity contribution is 0.0581. The normalized spacial score (nSPS) is 17.0. The number of carbonyl (C=O) groups excluding carboxylic acids is 1. The molecule has 1 unspecified atom stereocenters. The number of hydrogen-bond acceptors (Lipinski definition) is 4. The van der Waals surface area contributed by atoms with E-state index < -0.39 is 0 Å². The minimum atomic E-state index is -0.339. The summed E-state index contributed by atoms with van der Waals surface area (Å²) in [6, 6.07) is 6.58. The summed E-state index contributed by atoms with van der Waals surface area (Å²) in [5.74, 6) is -0.210. The van der Waals surface area contributed by atoms with Crippen molar-refractivity contribution in [3.8, 4) is 6.07 Å². The Morgan fingerprint density at radius 2 is 2.00 bits per heavy atom. The van der Waals surface area contributed by atoms with Crippen molar-refractivity contribution in [2.75, 3.05) is 26.2 Å². The van der Waals surface area contributed by atoms with Crippen molar-refractivity contribution in [2.45, 2.75) is 19.9 Å². The van der Waals surface area contributed by atoms with Gasteiger partial charge in [0.2, 0.25) is 0 Å². The molecule has 2 aromatic rings. The number of piperazine rings is 1. The number of benzene rings is 1. The van der Waals surface area contributed by atoms with Gasteiger partial charge in [-0.1, -0.05) is 25.4 Å². The molecule has 0 spiro atoms. The maximum absolute atomic E-state index is 13.4. The van der Waals surface area contributed by atoms with Gasteiger partial charge in [-0.3, -0.25) is 9.69 Å². The van der Waals surface area contributed by atoms with E-state index in [1.165, 1.54) is 23.5 Å². The zero-order valence-corrected chi connectivity index (χ0v) is 15.7. The second-order valence-corrected chi connectivity index (χ2v) is 7.96. The molecule has 0 saturated carbocycles. The first kappa shape index (κ1) is 18.1. The molecular weight excluding hydrogens is 361 g/mol. The predicted octanol–water partition coefficient (Wildman–Crippen LogP) is 4.00. The van der Waals surface area contributed by atoms with Crippen molar-refractivity contribution in [1.82, 2.24) is 9.80 Å². The van der Waals surface area contributed by atoms with E-state index in [9.17, 15) is 14.4 Å². The van der Waals surface area contributed by atoms with Gasteiger partial charge in [-0.25, -0.2) is 4.39 Å². The van der Waals surface area contributed by atoms with Crippen LogP contribution in [0.15, 0.2) is 18.2 Å². The maximum Gasteiger partial charge on any atom is 0.265 e. The molecule has 1 aromatic heterocycles. The van der Waals surface area contributed by atoms with Gasteiger partial charge in [-0.15, -0.1) is 11.3 Å². The summed E-state index contributed by atoms with van der Waals surface area (Å²) < 4.78 is 14.1. The quantitative estimate of drug-likeness (QED) is 0.809. The van der Waals surface area contributed by atoms with E-state index >= 15 is 0 Å². The van der Waals surface area contributed by atoms with Crippen molar-refractivity contribution in [3.63, 3.8) is 0 Å². The molecule has 1 aliphatic heterocycles. The number of amides is 1. The summed E-state index contributed by atoms with van der Waals surface area (Å²) in [7, 11) is 0. The molecule has 0 radical (unpaired) electrons. The van der Waals surface area contributed by atoms with E-state index in [0.29, 0.717) is 46.2 Å². The molecule has 1 amide bonds. The number of nitriles is 1. The van der Waals surface area contributed by atoms with Gasteiger partial charge in [-0.05, 0) is 24.1 Å². The fourth-order valence-electron chi connectivity index (χ4n) is 3.18. The minimum Gasteiger partial charge on any atom is -0.335 e. The highest BCUT2D eigenvalue weighted by atomic mass is 35.5. The van der Waals surface area contributed by atoms with Crippen LogP contribution >= 0.6 is 22.9 Å². The summed E-state index contributed by atoms with van der Waals surface area (Å²) in [5, 5.41) is 10.4. The second-order valence-electron chi connectivity index (χ2n) is 6.53. The van der Waals surface area contributed by atoms with E-state index in [1.54, 1.807) is 11.0 Å². The van der Waals surface area contributed by atoms with Crippen LogP contribution < -0.4 is 0 Å². The molecule has 1 aliphatic rings. The number of carbonyl (C=O) groups is 1. The Balaban J connectivity index is 1.75. The molecule has 2 heterocycles. The molecular formula is C18H19ClFN3OS. The molecule has 1 atom stereocenters. The number of hydrogen-bond donors (Lipinski definition) is 0. The molecule has 3 rings (SSSR count). The molecule has 1 saturated heterocycles. The maximum atomic E-state index is 13.4. The highest BCUT2D eigenvalue weighted by Crippen LogP contribution is 2.36. The highest BCUT2D eigenvalue weighted by Gasteiger charge is 2.30. The first-order valence-corrected chi connectivity index (χ1v) is 9.42. The zero-order chi connectivity index (χ0) is 18.1. The van der Waals surface area contributed by atoms with Gasteiger partial charge in [0.25, 0.3) is 5.91 Å². The van der Waals surface area contributed by atoms with Gasteiger partial charge >= 0.3 is 0 Å². The van der Waals surface area contributed by atoms with Gasteiger partial charge < -0.3 is 4.90 Å². The Kier molecular flexibility index (Phi) is 5.28. The molecule has 1 fully saturated rings. The summed E-state index contributed by atoms with van der Waals surface area (Å²) in [4.78, 5) is 17.2. The minimum absolute atomic E-state index is 0.121.